The van der Waals surface area contributed by atoms with Crippen LogP contribution in [0.1, 0.15) is 73.6 Å². The Labute approximate surface area is 256 Å². The van der Waals surface area contributed by atoms with Gasteiger partial charge in [-0.15, -0.1) is 0 Å². The van der Waals surface area contributed by atoms with Crippen molar-refractivity contribution in [1.82, 2.24) is 24.8 Å². The standard InChI is InChI=1S/C30H41ClFN7O4/c1-28(2,3)42-26(40)38-12-7-10-30(38)11-13-36(17-30)25-34-22-20(14-33-23(31)21(22)32)24(35-25)37-15-18-8-9-19(16-37)39(18)27(41)43-29(4,5)6/h14,18-19H,7-13,15-17H2,1-6H3/t18-,19+,30?. The zero-order chi connectivity index (χ0) is 30.9. The molecule has 6 heterocycles. The average Bonchev–Trinajstić information content (AvgIpc) is 3.60. The van der Waals surface area contributed by atoms with Crippen LogP contribution >= 0.6 is 11.6 Å². The molecule has 11 nitrogen and oxygen atoms in total. The number of hydrogen-bond acceptors (Lipinski definition) is 9. The number of halogens is 2. The number of amides is 2. The van der Waals surface area contributed by atoms with E-state index in [1.165, 1.54) is 6.20 Å². The summed E-state index contributed by atoms with van der Waals surface area (Å²) in [6.45, 7) is 14.0. The maximum atomic E-state index is 15.5. The smallest absolute Gasteiger partial charge is 0.410 e. The predicted octanol–water partition coefficient (Wildman–Crippen LogP) is 5.39. The number of carbonyl (C=O) groups is 2. The van der Waals surface area contributed by atoms with Crippen LogP contribution in [-0.2, 0) is 9.47 Å². The summed E-state index contributed by atoms with van der Waals surface area (Å²) in [6.07, 6.45) is 5.08. The van der Waals surface area contributed by atoms with Crippen LogP contribution in [0.15, 0.2) is 6.20 Å². The summed E-state index contributed by atoms with van der Waals surface area (Å²) in [6, 6.07) is -0.105. The molecule has 4 fully saturated rings. The lowest BCUT2D eigenvalue weighted by Crippen LogP contribution is -2.57. The lowest BCUT2D eigenvalue weighted by molar-refractivity contribution is 0.0104. The van der Waals surface area contributed by atoms with Crippen LogP contribution in [0.25, 0.3) is 10.9 Å². The Morgan fingerprint density at radius 3 is 2.26 bits per heavy atom. The van der Waals surface area contributed by atoms with Crippen LogP contribution in [0.5, 0.6) is 0 Å². The van der Waals surface area contributed by atoms with Crippen molar-refractivity contribution in [2.24, 2.45) is 0 Å². The fourth-order valence-corrected chi connectivity index (χ4v) is 7.21. The summed E-state index contributed by atoms with van der Waals surface area (Å²) < 4.78 is 26.9. The van der Waals surface area contributed by atoms with Crippen LogP contribution in [0.4, 0.5) is 25.7 Å². The summed E-state index contributed by atoms with van der Waals surface area (Å²) in [5, 5.41) is 0.226. The number of hydrogen-bond donors (Lipinski definition) is 0. The number of carbonyl (C=O) groups excluding carboxylic acids is 2. The van der Waals surface area contributed by atoms with Crippen LogP contribution < -0.4 is 9.80 Å². The molecule has 3 atom stereocenters. The molecule has 43 heavy (non-hydrogen) atoms. The van der Waals surface area contributed by atoms with Gasteiger partial charge in [-0.05, 0) is 73.6 Å². The van der Waals surface area contributed by atoms with Gasteiger partial charge >= 0.3 is 12.2 Å². The second-order valence-electron chi connectivity index (χ2n) is 14.3. The van der Waals surface area contributed by atoms with Gasteiger partial charge in [-0.25, -0.2) is 23.9 Å². The maximum absolute atomic E-state index is 15.5. The number of anilines is 2. The summed E-state index contributed by atoms with van der Waals surface area (Å²) in [4.78, 5) is 47.8. The van der Waals surface area contributed by atoms with Crippen molar-refractivity contribution in [3.8, 4) is 0 Å². The van der Waals surface area contributed by atoms with E-state index in [-0.39, 0.29) is 34.9 Å². The molecule has 0 aliphatic carbocycles. The Kier molecular flexibility index (Phi) is 7.29. The molecule has 1 spiro atoms. The molecule has 2 aromatic rings. The SMILES string of the molecule is CC(C)(C)OC(=O)N1[C@@H]2CC[C@H]1CN(c1nc(N3CCC4(CCCN4C(=O)OC(C)(C)C)C3)nc3c(F)c(Cl)ncc13)C2. The van der Waals surface area contributed by atoms with E-state index >= 15 is 4.39 Å². The van der Waals surface area contributed by atoms with Gasteiger partial charge in [0.25, 0.3) is 0 Å². The second-order valence-corrected chi connectivity index (χ2v) is 14.6. The minimum Gasteiger partial charge on any atom is -0.444 e. The van der Waals surface area contributed by atoms with Crippen LogP contribution in [0, 0.1) is 5.82 Å². The van der Waals surface area contributed by atoms with E-state index in [2.05, 4.69) is 14.9 Å². The lowest BCUT2D eigenvalue weighted by atomic mass is 9.95. The normalized spacial score (nSPS) is 25.8. The average molecular weight is 618 g/mol. The molecule has 0 aromatic carbocycles. The number of fused-ring (bicyclic) bond motifs is 3. The van der Waals surface area contributed by atoms with Gasteiger partial charge in [0.1, 0.15) is 22.5 Å². The van der Waals surface area contributed by atoms with Gasteiger partial charge in [0.15, 0.2) is 11.0 Å². The first-order valence-electron chi connectivity index (χ1n) is 15.2. The maximum Gasteiger partial charge on any atom is 0.410 e. The fourth-order valence-electron chi connectivity index (χ4n) is 7.07. The molecule has 4 aliphatic heterocycles. The first-order chi connectivity index (χ1) is 20.1. The van der Waals surface area contributed by atoms with Crippen LogP contribution in [-0.4, -0.2) is 98.5 Å². The van der Waals surface area contributed by atoms with E-state index in [9.17, 15) is 9.59 Å². The molecule has 6 rings (SSSR count). The quantitative estimate of drug-likeness (QED) is 0.411. The van der Waals surface area contributed by atoms with E-state index in [0.717, 1.165) is 32.1 Å². The van der Waals surface area contributed by atoms with Gasteiger partial charge < -0.3 is 24.2 Å². The Hall–Kier alpha value is -3.15. The molecule has 4 aliphatic rings. The monoisotopic (exact) mass is 617 g/mol. The van der Waals surface area contributed by atoms with Gasteiger partial charge in [-0.1, -0.05) is 11.6 Å². The molecule has 0 N–H and O–H groups in total. The zero-order valence-corrected chi connectivity index (χ0v) is 26.6. The van der Waals surface area contributed by atoms with Crippen molar-refractivity contribution in [1.29, 1.82) is 0 Å². The first-order valence-corrected chi connectivity index (χ1v) is 15.6. The molecular weight excluding hydrogens is 577 g/mol. The third-order valence-electron chi connectivity index (χ3n) is 8.82. The Balaban J connectivity index is 1.31. The van der Waals surface area contributed by atoms with E-state index < -0.39 is 22.6 Å². The number of aromatic nitrogens is 3. The minimum absolute atomic E-state index is 0.0527. The molecule has 2 bridgehead atoms. The summed E-state index contributed by atoms with van der Waals surface area (Å²) in [5.74, 6) is 0.267. The van der Waals surface area contributed by atoms with Crippen molar-refractivity contribution in [2.45, 2.75) is 102 Å². The third-order valence-corrected chi connectivity index (χ3v) is 9.08. The van der Waals surface area contributed by atoms with Crippen LogP contribution in [0.3, 0.4) is 0 Å². The molecule has 0 saturated carbocycles. The van der Waals surface area contributed by atoms with Gasteiger partial charge in [-0.3, -0.25) is 4.90 Å². The number of pyridine rings is 1. The highest BCUT2D eigenvalue weighted by Gasteiger charge is 2.50. The van der Waals surface area contributed by atoms with Gasteiger partial charge in [-0.2, -0.15) is 4.98 Å². The van der Waals surface area contributed by atoms with E-state index in [0.29, 0.717) is 49.9 Å². The lowest BCUT2D eigenvalue weighted by Gasteiger charge is -2.42. The molecule has 4 saturated heterocycles. The van der Waals surface area contributed by atoms with E-state index in [4.69, 9.17) is 26.1 Å². The van der Waals surface area contributed by atoms with Crippen molar-refractivity contribution >= 4 is 46.5 Å². The Morgan fingerprint density at radius 1 is 0.953 bits per heavy atom. The highest BCUT2D eigenvalue weighted by Crippen LogP contribution is 2.41. The van der Waals surface area contributed by atoms with Crippen molar-refractivity contribution in [3.05, 3.63) is 17.2 Å². The number of rotatable bonds is 2. The summed E-state index contributed by atoms with van der Waals surface area (Å²) in [7, 11) is 0. The summed E-state index contributed by atoms with van der Waals surface area (Å²) >= 11 is 6.12. The molecule has 13 heteroatoms. The van der Waals surface area contributed by atoms with Crippen molar-refractivity contribution in [3.63, 3.8) is 0 Å². The molecule has 2 aromatic heterocycles. The highest BCUT2D eigenvalue weighted by molar-refractivity contribution is 6.30. The number of piperazine rings is 1. The molecule has 1 unspecified atom stereocenters. The van der Waals surface area contributed by atoms with Gasteiger partial charge in [0, 0.05) is 38.9 Å². The van der Waals surface area contributed by atoms with E-state index in [1.807, 2.05) is 56.2 Å². The topological polar surface area (TPSA) is 104 Å². The third kappa shape index (κ3) is 5.62. The van der Waals surface area contributed by atoms with Crippen molar-refractivity contribution < 1.29 is 23.5 Å². The minimum atomic E-state index is -0.690. The number of ether oxygens (including phenoxy) is 2. The van der Waals surface area contributed by atoms with Gasteiger partial charge in [0.2, 0.25) is 5.95 Å². The summed E-state index contributed by atoms with van der Waals surface area (Å²) in [5.41, 5.74) is -1.46. The van der Waals surface area contributed by atoms with Crippen LogP contribution in [0.2, 0.25) is 5.15 Å². The van der Waals surface area contributed by atoms with E-state index in [1.54, 1.807) is 0 Å². The number of nitrogens with zero attached hydrogens (tertiary/aromatic N) is 7. The Bertz CT molecular complexity index is 1430. The highest BCUT2D eigenvalue weighted by atomic mass is 35.5. The van der Waals surface area contributed by atoms with Crippen molar-refractivity contribution in [2.75, 3.05) is 42.5 Å². The predicted molar refractivity (Wildman–Crippen MR) is 161 cm³/mol. The Morgan fingerprint density at radius 2 is 1.60 bits per heavy atom. The second kappa shape index (κ2) is 10.5. The van der Waals surface area contributed by atoms with Gasteiger partial charge in [0.05, 0.1) is 23.0 Å². The molecule has 0 radical (unpaired) electrons. The largest absolute Gasteiger partial charge is 0.444 e. The zero-order valence-electron chi connectivity index (χ0n) is 25.8. The fraction of sp³-hybridized carbons (Fsp3) is 0.700. The molecule has 234 valence electrons. The molecular formula is C30H41ClFN7O4. The number of likely N-dealkylation sites (tertiary alicyclic amines) is 1. The first kappa shape index (κ1) is 29.9. The molecule has 2 amide bonds.